The lowest BCUT2D eigenvalue weighted by molar-refractivity contribution is 0.232. The molecule has 1 aromatic heterocycles. The van der Waals surface area contributed by atoms with Gasteiger partial charge in [0.05, 0.1) is 6.10 Å². The Labute approximate surface area is 120 Å². The minimum Gasteiger partial charge on any atom is -0.475 e. The molecule has 2 aliphatic heterocycles. The van der Waals surface area contributed by atoms with Gasteiger partial charge in [-0.15, -0.1) is 0 Å². The molecular weight excluding hydrogens is 252 g/mol. The van der Waals surface area contributed by atoms with Crippen LogP contribution in [-0.2, 0) is 0 Å². The van der Waals surface area contributed by atoms with Crippen molar-refractivity contribution < 1.29 is 4.74 Å². The van der Waals surface area contributed by atoms with E-state index in [1.807, 2.05) is 26.8 Å². The standard InChI is InChI=1S/C15H24N4O/c1-9(2)20-14-6-10(3)16-15(19-14)18-13-7-11-4-5-12(8-13)17-11/h6,9,11-13,17H,4-5,7-8H2,1-3H3,(H,16,18,19). The number of hydrogen-bond acceptors (Lipinski definition) is 5. The number of aryl methyl sites for hydroxylation is 1. The summed E-state index contributed by atoms with van der Waals surface area (Å²) in [5.74, 6) is 1.36. The van der Waals surface area contributed by atoms with Gasteiger partial charge >= 0.3 is 0 Å². The van der Waals surface area contributed by atoms with Gasteiger partial charge in [0, 0.05) is 29.9 Å². The van der Waals surface area contributed by atoms with Crippen molar-refractivity contribution in [3.63, 3.8) is 0 Å². The van der Waals surface area contributed by atoms with Crippen LogP contribution in [0.3, 0.4) is 0 Å². The lowest BCUT2D eigenvalue weighted by Gasteiger charge is -2.29. The van der Waals surface area contributed by atoms with Gasteiger partial charge in [0.1, 0.15) is 0 Å². The summed E-state index contributed by atoms with van der Waals surface area (Å²) < 4.78 is 5.68. The number of hydrogen-bond donors (Lipinski definition) is 2. The smallest absolute Gasteiger partial charge is 0.226 e. The van der Waals surface area contributed by atoms with Gasteiger partial charge in [0.2, 0.25) is 11.8 Å². The second kappa shape index (κ2) is 5.56. The van der Waals surface area contributed by atoms with E-state index in [0.29, 0.717) is 30.0 Å². The summed E-state index contributed by atoms with van der Waals surface area (Å²) in [6, 6.07) is 3.70. The average molecular weight is 276 g/mol. The first-order valence-corrected chi connectivity index (χ1v) is 7.63. The highest BCUT2D eigenvalue weighted by molar-refractivity contribution is 5.32. The monoisotopic (exact) mass is 276 g/mol. The Morgan fingerprint density at radius 3 is 2.60 bits per heavy atom. The first-order chi connectivity index (χ1) is 9.58. The number of piperidine rings is 1. The number of ether oxygens (including phenoxy) is 1. The highest BCUT2D eigenvalue weighted by Gasteiger charge is 2.33. The summed E-state index contributed by atoms with van der Waals surface area (Å²) >= 11 is 0. The zero-order chi connectivity index (χ0) is 14.1. The fourth-order valence-corrected chi connectivity index (χ4v) is 3.26. The maximum absolute atomic E-state index is 5.68. The number of rotatable bonds is 4. The lowest BCUT2D eigenvalue weighted by Crippen LogP contribution is -2.43. The van der Waals surface area contributed by atoms with E-state index < -0.39 is 0 Å². The largest absolute Gasteiger partial charge is 0.475 e. The summed E-state index contributed by atoms with van der Waals surface area (Å²) in [6.45, 7) is 6.00. The van der Waals surface area contributed by atoms with Crippen LogP contribution in [0.4, 0.5) is 5.95 Å². The second-order valence-electron chi connectivity index (χ2n) is 6.29. The van der Waals surface area contributed by atoms with Crippen LogP contribution in [0.2, 0.25) is 0 Å². The fourth-order valence-electron chi connectivity index (χ4n) is 3.26. The third kappa shape index (κ3) is 3.20. The molecule has 5 heteroatoms. The van der Waals surface area contributed by atoms with Crippen molar-refractivity contribution >= 4 is 5.95 Å². The molecule has 0 aliphatic carbocycles. The number of nitrogens with zero attached hydrogens (tertiary/aromatic N) is 2. The molecule has 2 N–H and O–H groups in total. The Bertz CT molecular complexity index is 465. The third-order valence-electron chi connectivity index (χ3n) is 3.99. The van der Waals surface area contributed by atoms with E-state index in [-0.39, 0.29) is 6.10 Å². The molecule has 3 heterocycles. The van der Waals surface area contributed by atoms with Crippen LogP contribution >= 0.6 is 0 Å². The topological polar surface area (TPSA) is 59.1 Å². The molecule has 5 nitrogen and oxygen atoms in total. The molecular formula is C15H24N4O. The summed E-state index contributed by atoms with van der Waals surface area (Å²) in [5, 5.41) is 7.14. The Morgan fingerprint density at radius 2 is 1.95 bits per heavy atom. The number of anilines is 1. The van der Waals surface area contributed by atoms with Gasteiger partial charge < -0.3 is 15.4 Å². The van der Waals surface area contributed by atoms with E-state index in [2.05, 4.69) is 20.6 Å². The van der Waals surface area contributed by atoms with Crippen LogP contribution in [-0.4, -0.2) is 34.2 Å². The molecule has 0 aromatic carbocycles. The zero-order valence-corrected chi connectivity index (χ0v) is 12.5. The molecule has 0 saturated carbocycles. The van der Waals surface area contributed by atoms with Crippen LogP contribution < -0.4 is 15.4 Å². The van der Waals surface area contributed by atoms with Gasteiger partial charge in [-0.3, -0.25) is 0 Å². The first kappa shape index (κ1) is 13.6. The molecule has 2 unspecified atom stereocenters. The van der Waals surface area contributed by atoms with Gasteiger partial charge in [-0.1, -0.05) is 0 Å². The van der Waals surface area contributed by atoms with Crippen molar-refractivity contribution in [3.8, 4) is 5.88 Å². The third-order valence-corrected chi connectivity index (χ3v) is 3.99. The summed E-state index contributed by atoms with van der Waals surface area (Å²) in [4.78, 5) is 8.96. The molecule has 3 rings (SSSR count). The SMILES string of the molecule is Cc1cc(OC(C)C)nc(NC2CC3CCC(C2)N3)n1. The van der Waals surface area contributed by atoms with Crippen LogP contribution in [0, 0.1) is 6.92 Å². The molecule has 110 valence electrons. The lowest BCUT2D eigenvalue weighted by atomic mass is 10.0. The van der Waals surface area contributed by atoms with E-state index in [0.717, 1.165) is 18.5 Å². The predicted octanol–water partition coefficient (Wildman–Crippen LogP) is 2.27. The van der Waals surface area contributed by atoms with E-state index in [9.17, 15) is 0 Å². The molecule has 1 aromatic rings. The fraction of sp³-hybridized carbons (Fsp3) is 0.733. The van der Waals surface area contributed by atoms with Crippen molar-refractivity contribution in [1.82, 2.24) is 15.3 Å². The zero-order valence-electron chi connectivity index (χ0n) is 12.5. The van der Waals surface area contributed by atoms with Gasteiger partial charge in [0.15, 0.2) is 0 Å². The minimum atomic E-state index is 0.131. The number of fused-ring (bicyclic) bond motifs is 2. The minimum absolute atomic E-state index is 0.131. The molecule has 0 spiro atoms. The highest BCUT2D eigenvalue weighted by Crippen LogP contribution is 2.28. The van der Waals surface area contributed by atoms with Crippen molar-refractivity contribution in [3.05, 3.63) is 11.8 Å². The van der Waals surface area contributed by atoms with E-state index >= 15 is 0 Å². The summed E-state index contributed by atoms with van der Waals surface area (Å²) in [6.07, 6.45) is 5.06. The molecule has 2 saturated heterocycles. The van der Waals surface area contributed by atoms with Crippen molar-refractivity contribution in [2.24, 2.45) is 0 Å². The van der Waals surface area contributed by atoms with Gasteiger partial charge in [-0.2, -0.15) is 4.98 Å². The number of nitrogens with one attached hydrogen (secondary N) is 2. The molecule has 2 fully saturated rings. The van der Waals surface area contributed by atoms with E-state index in [4.69, 9.17) is 4.74 Å². The Morgan fingerprint density at radius 1 is 1.25 bits per heavy atom. The second-order valence-corrected chi connectivity index (χ2v) is 6.29. The van der Waals surface area contributed by atoms with Crippen LogP contribution in [0.5, 0.6) is 5.88 Å². The molecule has 2 bridgehead atoms. The van der Waals surface area contributed by atoms with Gasteiger partial charge in [-0.05, 0) is 46.5 Å². The van der Waals surface area contributed by atoms with Crippen LogP contribution in [0.1, 0.15) is 45.2 Å². The predicted molar refractivity (Wildman–Crippen MR) is 79.1 cm³/mol. The Hall–Kier alpha value is -1.36. The normalized spacial score (nSPS) is 28.7. The van der Waals surface area contributed by atoms with E-state index in [1.165, 1.54) is 12.8 Å². The summed E-state index contributed by atoms with van der Waals surface area (Å²) in [5.41, 5.74) is 0.940. The van der Waals surface area contributed by atoms with Crippen molar-refractivity contribution in [2.75, 3.05) is 5.32 Å². The number of aromatic nitrogens is 2. The van der Waals surface area contributed by atoms with Gasteiger partial charge in [0.25, 0.3) is 0 Å². The van der Waals surface area contributed by atoms with E-state index in [1.54, 1.807) is 0 Å². The molecule has 20 heavy (non-hydrogen) atoms. The van der Waals surface area contributed by atoms with Crippen molar-refractivity contribution in [1.29, 1.82) is 0 Å². The highest BCUT2D eigenvalue weighted by atomic mass is 16.5. The van der Waals surface area contributed by atoms with Crippen LogP contribution in [0.15, 0.2) is 6.07 Å². The Kier molecular flexibility index (Phi) is 3.78. The molecule has 0 amide bonds. The Balaban J connectivity index is 1.69. The summed E-state index contributed by atoms with van der Waals surface area (Å²) in [7, 11) is 0. The average Bonchev–Trinajstić information content (AvgIpc) is 2.67. The first-order valence-electron chi connectivity index (χ1n) is 7.63. The van der Waals surface area contributed by atoms with Gasteiger partial charge in [-0.25, -0.2) is 4.98 Å². The maximum atomic E-state index is 5.68. The molecule has 0 radical (unpaired) electrons. The van der Waals surface area contributed by atoms with Crippen molar-refractivity contribution in [2.45, 2.75) is 70.7 Å². The molecule has 2 aliphatic rings. The maximum Gasteiger partial charge on any atom is 0.226 e. The molecule has 2 atom stereocenters. The quantitative estimate of drug-likeness (QED) is 0.883. The van der Waals surface area contributed by atoms with Crippen LogP contribution in [0.25, 0.3) is 0 Å².